The van der Waals surface area contributed by atoms with Crippen LogP contribution < -0.4 is 0 Å². The lowest BCUT2D eigenvalue weighted by atomic mass is 9.85. The highest BCUT2D eigenvalue weighted by Crippen LogP contribution is 2.45. The minimum atomic E-state index is 0.795. The van der Waals surface area contributed by atoms with Crippen molar-refractivity contribution in [2.45, 2.75) is 0 Å². The SMILES string of the molecule is c1ccc(-c2cccc(-c3c4ccccc4c(-c4ccc5c(c4)oc4c5ccc5ccoc54)c4ccccc34)c2)cc1. The van der Waals surface area contributed by atoms with Gasteiger partial charge in [-0.05, 0) is 85.3 Å². The molecule has 42 heavy (non-hydrogen) atoms. The van der Waals surface area contributed by atoms with E-state index in [-0.39, 0.29) is 0 Å². The Morgan fingerprint density at radius 2 is 0.952 bits per heavy atom. The molecule has 0 unspecified atom stereocenters. The van der Waals surface area contributed by atoms with Gasteiger partial charge in [0, 0.05) is 16.2 Å². The lowest BCUT2D eigenvalue weighted by Crippen LogP contribution is -1.91. The van der Waals surface area contributed by atoms with E-state index < -0.39 is 0 Å². The zero-order valence-electron chi connectivity index (χ0n) is 22.7. The molecule has 9 rings (SSSR count). The Morgan fingerprint density at radius 1 is 0.357 bits per heavy atom. The molecule has 0 fully saturated rings. The molecule has 0 saturated carbocycles. The highest BCUT2D eigenvalue weighted by molar-refractivity contribution is 6.22. The third-order valence-corrected chi connectivity index (χ3v) is 8.54. The number of benzene rings is 7. The number of fused-ring (bicyclic) bond motifs is 7. The predicted molar refractivity (Wildman–Crippen MR) is 175 cm³/mol. The average Bonchev–Trinajstić information content (AvgIpc) is 3.68. The minimum absolute atomic E-state index is 0.795. The van der Waals surface area contributed by atoms with Crippen molar-refractivity contribution in [1.82, 2.24) is 0 Å². The van der Waals surface area contributed by atoms with E-state index in [0.717, 1.165) is 38.5 Å². The molecule has 0 N–H and O–H groups in total. The molecule has 2 heterocycles. The van der Waals surface area contributed by atoms with Crippen LogP contribution in [0.2, 0.25) is 0 Å². The van der Waals surface area contributed by atoms with Crippen molar-refractivity contribution in [3.8, 4) is 33.4 Å². The first-order valence-corrected chi connectivity index (χ1v) is 14.3. The summed E-state index contributed by atoms with van der Waals surface area (Å²) in [6.07, 6.45) is 1.72. The molecule has 196 valence electrons. The van der Waals surface area contributed by atoms with Gasteiger partial charge < -0.3 is 8.83 Å². The zero-order valence-corrected chi connectivity index (χ0v) is 22.7. The molecular formula is C40H24O2. The maximum Gasteiger partial charge on any atom is 0.178 e. The maximum atomic E-state index is 6.46. The quantitative estimate of drug-likeness (QED) is 0.210. The summed E-state index contributed by atoms with van der Waals surface area (Å²) in [6, 6.07) is 49.9. The fourth-order valence-corrected chi connectivity index (χ4v) is 6.65. The Morgan fingerprint density at radius 3 is 1.67 bits per heavy atom. The minimum Gasteiger partial charge on any atom is -0.460 e. The van der Waals surface area contributed by atoms with Gasteiger partial charge in [-0.1, -0.05) is 109 Å². The maximum absolute atomic E-state index is 6.46. The first-order valence-electron chi connectivity index (χ1n) is 14.3. The summed E-state index contributed by atoms with van der Waals surface area (Å²) in [5, 5.41) is 8.13. The summed E-state index contributed by atoms with van der Waals surface area (Å²) in [5.41, 5.74) is 9.71. The lowest BCUT2D eigenvalue weighted by Gasteiger charge is -2.18. The second kappa shape index (κ2) is 8.95. The molecule has 0 aliphatic rings. The highest BCUT2D eigenvalue weighted by Gasteiger charge is 2.19. The fourth-order valence-electron chi connectivity index (χ4n) is 6.65. The van der Waals surface area contributed by atoms with Crippen LogP contribution in [0.3, 0.4) is 0 Å². The Kier molecular flexibility index (Phi) is 4.93. The number of hydrogen-bond donors (Lipinski definition) is 0. The van der Waals surface area contributed by atoms with Crippen LogP contribution in [0.4, 0.5) is 0 Å². The van der Waals surface area contributed by atoms with Crippen LogP contribution in [0.1, 0.15) is 0 Å². The van der Waals surface area contributed by atoms with Crippen molar-refractivity contribution >= 4 is 54.5 Å². The molecule has 2 aromatic heterocycles. The molecule has 0 atom stereocenters. The highest BCUT2D eigenvalue weighted by atomic mass is 16.4. The summed E-state index contributed by atoms with van der Waals surface area (Å²) >= 11 is 0. The normalized spacial score (nSPS) is 11.8. The predicted octanol–water partition coefficient (Wildman–Crippen LogP) is 11.6. The van der Waals surface area contributed by atoms with Crippen LogP contribution in [0.5, 0.6) is 0 Å². The standard InChI is InChI=1S/C40H24O2/c1-2-9-25(10-3-1)27-11-8-12-28(23-27)37-31-13-4-6-15-33(31)38(34-16-7-5-14-32(34)37)29-18-19-30-35-20-17-26-21-22-41-39(26)40(35)42-36(30)24-29/h1-24H. The van der Waals surface area contributed by atoms with E-state index >= 15 is 0 Å². The Bertz CT molecular complexity index is 2400. The van der Waals surface area contributed by atoms with Crippen LogP contribution >= 0.6 is 0 Å². The zero-order chi connectivity index (χ0) is 27.6. The van der Waals surface area contributed by atoms with Gasteiger partial charge in [0.15, 0.2) is 11.2 Å². The topological polar surface area (TPSA) is 26.3 Å². The molecule has 7 aromatic carbocycles. The summed E-state index contributed by atoms with van der Waals surface area (Å²) in [5.74, 6) is 0. The van der Waals surface area contributed by atoms with Gasteiger partial charge >= 0.3 is 0 Å². The van der Waals surface area contributed by atoms with E-state index in [2.05, 4.69) is 133 Å². The molecule has 2 nitrogen and oxygen atoms in total. The Balaban J connectivity index is 1.32. The van der Waals surface area contributed by atoms with E-state index in [1.54, 1.807) is 6.26 Å². The molecule has 0 aliphatic carbocycles. The van der Waals surface area contributed by atoms with Gasteiger partial charge in [-0.15, -0.1) is 0 Å². The van der Waals surface area contributed by atoms with Crippen molar-refractivity contribution in [2.24, 2.45) is 0 Å². The van der Waals surface area contributed by atoms with Crippen LogP contribution in [0.25, 0.3) is 87.8 Å². The largest absolute Gasteiger partial charge is 0.460 e. The van der Waals surface area contributed by atoms with Crippen LogP contribution in [0, 0.1) is 0 Å². The summed E-state index contributed by atoms with van der Waals surface area (Å²) in [4.78, 5) is 0. The van der Waals surface area contributed by atoms with Gasteiger partial charge in [0.25, 0.3) is 0 Å². The van der Waals surface area contributed by atoms with Crippen molar-refractivity contribution in [2.75, 3.05) is 0 Å². The molecule has 0 amide bonds. The first kappa shape index (κ1) is 23.1. The molecule has 9 aromatic rings. The molecule has 0 bridgehead atoms. The third-order valence-electron chi connectivity index (χ3n) is 8.54. The van der Waals surface area contributed by atoms with E-state index in [1.165, 1.54) is 49.4 Å². The van der Waals surface area contributed by atoms with Gasteiger partial charge in [-0.3, -0.25) is 0 Å². The number of hydrogen-bond acceptors (Lipinski definition) is 2. The third kappa shape index (κ3) is 3.39. The van der Waals surface area contributed by atoms with Crippen molar-refractivity contribution in [3.05, 3.63) is 146 Å². The molecular weight excluding hydrogens is 512 g/mol. The monoisotopic (exact) mass is 536 g/mol. The van der Waals surface area contributed by atoms with Gasteiger partial charge in [0.05, 0.1) is 6.26 Å². The van der Waals surface area contributed by atoms with Gasteiger partial charge in [0.1, 0.15) is 5.58 Å². The molecule has 2 heteroatoms. The van der Waals surface area contributed by atoms with E-state index in [1.807, 2.05) is 6.07 Å². The van der Waals surface area contributed by atoms with Crippen LogP contribution in [-0.2, 0) is 0 Å². The van der Waals surface area contributed by atoms with Gasteiger partial charge in [-0.2, -0.15) is 0 Å². The summed E-state index contributed by atoms with van der Waals surface area (Å²) < 4.78 is 12.3. The first-order chi connectivity index (χ1) is 20.8. The smallest absolute Gasteiger partial charge is 0.178 e. The molecule has 0 spiro atoms. The number of rotatable bonds is 3. The van der Waals surface area contributed by atoms with E-state index in [4.69, 9.17) is 8.83 Å². The van der Waals surface area contributed by atoms with Crippen molar-refractivity contribution < 1.29 is 8.83 Å². The van der Waals surface area contributed by atoms with Crippen LogP contribution in [0.15, 0.2) is 155 Å². The Hall–Kier alpha value is -5.60. The lowest BCUT2D eigenvalue weighted by molar-refractivity contribution is 0.600. The Labute approximate surface area is 242 Å². The van der Waals surface area contributed by atoms with E-state index in [0.29, 0.717) is 0 Å². The second-order valence-electron chi connectivity index (χ2n) is 10.9. The van der Waals surface area contributed by atoms with Crippen molar-refractivity contribution in [3.63, 3.8) is 0 Å². The van der Waals surface area contributed by atoms with Gasteiger partial charge in [-0.25, -0.2) is 0 Å². The average molecular weight is 537 g/mol. The summed E-state index contributed by atoms with van der Waals surface area (Å²) in [6.45, 7) is 0. The molecule has 0 aliphatic heterocycles. The second-order valence-corrected chi connectivity index (χ2v) is 10.9. The molecule has 0 saturated heterocycles. The van der Waals surface area contributed by atoms with Gasteiger partial charge in [0.2, 0.25) is 0 Å². The fraction of sp³-hybridized carbons (Fsp3) is 0. The van der Waals surface area contributed by atoms with Crippen molar-refractivity contribution in [1.29, 1.82) is 0 Å². The summed E-state index contributed by atoms with van der Waals surface area (Å²) in [7, 11) is 0. The van der Waals surface area contributed by atoms with E-state index in [9.17, 15) is 0 Å². The number of furan rings is 2. The van der Waals surface area contributed by atoms with Crippen LogP contribution in [-0.4, -0.2) is 0 Å². The molecule has 0 radical (unpaired) electrons.